The number of H-pyrrole nitrogens is 1. The van der Waals surface area contributed by atoms with Gasteiger partial charge in [-0.25, -0.2) is 4.98 Å². The number of halogens is 1. The first-order valence-corrected chi connectivity index (χ1v) is 7.18. The molecule has 3 aromatic rings. The number of ether oxygens (including phenoxy) is 1. The SMILES string of the molecule is BrCc1nc2ccc(OCc3ccccc3)cc2[nH]1. The van der Waals surface area contributed by atoms with E-state index in [0.717, 1.165) is 33.5 Å². The predicted octanol–water partition coefficient (Wildman–Crippen LogP) is 4.04. The van der Waals surface area contributed by atoms with Gasteiger partial charge < -0.3 is 9.72 Å². The van der Waals surface area contributed by atoms with E-state index in [1.54, 1.807) is 0 Å². The summed E-state index contributed by atoms with van der Waals surface area (Å²) in [5.74, 6) is 1.77. The van der Waals surface area contributed by atoms with Gasteiger partial charge in [0.15, 0.2) is 0 Å². The van der Waals surface area contributed by atoms with Crippen LogP contribution in [0.4, 0.5) is 0 Å². The van der Waals surface area contributed by atoms with E-state index in [0.29, 0.717) is 6.61 Å². The van der Waals surface area contributed by atoms with Crippen LogP contribution in [0, 0.1) is 0 Å². The fourth-order valence-electron chi connectivity index (χ4n) is 1.94. The molecule has 1 heterocycles. The van der Waals surface area contributed by atoms with Crippen molar-refractivity contribution in [1.82, 2.24) is 9.97 Å². The molecule has 0 spiro atoms. The van der Waals surface area contributed by atoms with Crippen molar-refractivity contribution in [2.45, 2.75) is 11.9 Å². The second-order valence-corrected chi connectivity index (χ2v) is 4.83. The fourth-order valence-corrected chi connectivity index (χ4v) is 2.20. The molecule has 3 nitrogen and oxygen atoms in total. The lowest BCUT2D eigenvalue weighted by molar-refractivity contribution is 0.306. The molecule has 0 unspecified atom stereocenters. The summed E-state index contributed by atoms with van der Waals surface area (Å²) in [5.41, 5.74) is 3.12. The van der Waals surface area contributed by atoms with Gasteiger partial charge >= 0.3 is 0 Å². The Morgan fingerprint density at radius 1 is 1.11 bits per heavy atom. The molecule has 0 fully saturated rings. The average molecular weight is 317 g/mol. The zero-order valence-corrected chi connectivity index (χ0v) is 11.9. The number of hydrogen-bond acceptors (Lipinski definition) is 2. The Hall–Kier alpha value is -1.81. The van der Waals surface area contributed by atoms with E-state index in [1.165, 1.54) is 0 Å². The van der Waals surface area contributed by atoms with Gasteiger partial charge in [-0.1, -0.05) is 46.3 Å². The third kappa shape index (κ3) is 2.79. The quantitative estimate of drug-likeness (QED) is 0.738. The molecule has 0 amide bonds. The van der Waals surface area contributed by atoms with Crippen LogP contribution in [0.25, 0.3) is 11.0 Å². The van der Waals surface area contributed by atoms with Gasteiger partial charge in [0, 0.05) is 6.07 Å². The predicted molar refractivity (Wildman–Crippen MR) is 79.5 cm³/mol. The molecule has 96 valence electrons. The monoisotopic (exact) mass is 316 g/mol. The van der Waals surface area contributed by atoms with Crippen molar-refractivity contribution < 1.29 is 4.74 Å². The van der Waals surface area contributed by atoms with E-state index in [-0.39, 0.29) is 0 Å². The maximum atomic E-state index is 5.78. The lowest BCUT2D eigenvalue weighted by atomic mass is 10.2. The maximum absolute atomic E-state index is 5.78. The Morgan fingerprint density at radius 3 is 2.74 bits per heavy atom. The first kappa shape index (κ1) is 12.2. The maximum Gasteiger partial charge on any atom is 0.122 e. The number of rotatable bonds is 4. The molecule has 0 aliphatic carbocycles. The highest BCUT2D eigenvalue weighted by Crippen LogP contribution is 2.20. The van der Waals surface area contributed by atoms with Crippen molar-refractivity contribution in [3.05, 3.63) is 59.9 Å². The van der Waals surface area contributed by atoms with Gasteiger partial charge in [0.2, 0.25) is 0 Å². The summed E-state index contributed by atoms with van der Waals surface area (Å²) in [6, 6.07) is 16.0. The number of fused-ring (bicyclic) bond motifs is 1. The average Bonchev–Trinajstić information content (AvgIpc) is 2.88. The van der Waals surface area contributed by atoms with Crippen molar-refractivity contribution in [2.24, 2.45) is 0 Å². The molecule has 2 aromatic carbocycles. The fraction of sp³-hybridized carbons (Fsp3) is 0.133. The Kier molecular flexibility index (Phi) is 3.51. The minimum absolute atomic E-state index is 0.575. The summed E-state index contributed by atoms with van der Waals surface area (Å²) < 4.78 is 5.78. The molecule has 0 radical (unpaired) electrons. The number of hydrogen-bond donors (Lipinski definition) is 1. The molecule has 1 aromatic heterocycles. The molecular weight excluding hydrogens is 304 g/mol. The third-order valence-corrected chi connectivity index (χ3v) is 3.41. The van der Waals surface area contributed by atoms with E-state index in [1.807, 2.05) is 36.4 Å². The number of benzene rings is 2. The standard InChI is InChI=1S/C15H13BrN2O/c16-9-15-17-13-7-6-12(8-14(13)18-15)19-10-11-4-2-1-3-5-11/h1-8H,9-10H2,(H,17,18). The van der Waals surface area contributed by atoms with Crippen LogP contribution in [0.2, 0.25) is 0 Å². The highest BCUT2D eigenvalue weighted by atomic mass is 79.9. The Morgan fingerprint density at radius 2 is 1.95 bits per heavy atom. The van der Waals surface area contributed by atoms with Crippen LogP contribution in [0.5, 0.6) is 5.75 Å². The summed E-state index contributed by atoms with van der Waals surface area (Å²) in [6.07, 6.45) is 0. The molecule has 0 bridgehead atoms. The minimum atomic E-state index is 0.575. The zero-order valence-electron chi connectivity index (χ0n) is 10.3. The van der Waals surface area contributed by atoms with Crippen LogP contribution in [0.3, 0.4) is 0 Å². The molecule has 0 saturated heterocycles. The highest BCUT2D eigenvalue weighted by Gasteiger charge is 2.03. The van der Waals surface area contributed by atoms with E-state index in [4.69, 9.17) is 4.74 Å². The van der Waals surface area contributed by atoms with Crippen LogP contribution in [0.1, 0.15) is 11.4 Å². The van der Waals surface area contributed by atoms with E-state index < -0.39 is 0 Å². The van der Waals surface area contributed by atoms with Gasteiger partial charge in [-0.2, -0.15) is 0 Å². The van der Waals surface area contributed by atoms with Crippen LogP contribution in [-0.4, -0.2) is 9.97 Å². The number of aromatic nitrogens is 2. The second kappa shape index (κ2) is 5.45. The van der Waals surface area contributed by atoms with E-state index in [9.17, 15) is 0 Å². The number of aromatic amines is 1. The second-order valence-electron chi connectivity index (χ2n) is 4.27. The number of nitrogens with one attached hydrogen (secondary N) is 1. The van der Waals surface area contributed by atoms with Gasteiger partial charge in [0.05, 0.1) is 16.4 Å². The Balaban J connectivity index is 1.78. The topological polar surface area (TPSA) is 37.9 Å². The molecule has 0 aliphatic heterocycles. The van der Waals surface area contributed by atoms with Crippen LogP contribution < -0.4 is 4.74 Å². The van der Waals surface area contributed by atoms with Crippen molar-refractivity contribution in [3.63, 3.8) is 0 Å². The molecule has 19 heavy (non-hydrogen) atoms. The molecular formula is C15H13BrN2O. The van der Waals surface area contributed by atoms with Gasteiger partial charge in [-0.05, 0) is 17.7 Å². The van der Waals surface area contributed by atoms with Crippen LogP contribution in [-0.2, 0) is 11.9 Å². The highest BCUT2D eigenvalue weighted by molar-refractivity contribution is 9.08. The van der Waals surface area contributed by atoms with E-state index >= 15 is 0 Å². The Bertz CT molecular complexity index is 679. The Labute approximate surface area is 119 Å². The molecule has 0 atom stereocenters. The summed E-state index contributed by atoms with van der Waals surface area (Å²) in [4.78, 5) is 7.68. The van der Waals surface area contributed by atoms with Crippen LogP contribution in [0.15, 0.2) is 48.5 Å². The lowest BCUT2D eigenvalue weighted by Crippen LogP contribution is -1.94. The van der Waals surface area contributed by atoms with Gasteiger partial charge in [0.1, 0.15) is 18.2 Å². The zero-order chi connectivity index (χ0) is 13.1. The normalized spacial score (nSPS) is 10.8. The van der Waals surface area contributed by atoms with Crippen LogP contribution >= 0.6 is 15.9 Å². The number of alkyl halides is 1. The van der Waals surface area contributed by atoms with Crippen molar-refractivity contribution >= 4 is 27.0 Å². The molecule has 4 heteroatoms. The first-order valence-electron chi connectivity index (χ1n) is 6.06. The number of imidazole rings is 1. The van der Waals surface area contributed by atoms with Crippen molar-refractivity contribution in [2.75, 3.05) is 0 Å². The van der Waals surface area contributed by atoms with Crippen molar-refractivity contribution in [1.29, 1.82) is 0 Å². The van der Waals surface area contributed by atoms with Gasteiger partial charge in [-0.3, -0.25) is 0 Å². The summed E-state index contributed by atoms with van der Waals surface area (Å²) in [7, 11) is 0. The molecule has 0 saturated carbocycles. The number of nitrogens with zero attached hydrogens (tertiary/aromatic N) is 1. The summed E-state index contributed by atoms with van der Waals surface area (Å²) in [5, 5.41) is 0.724. The summed E-state index contributed by atoms with van der Waals surface area (Å²) in [6.45, 7) is 0.575. The largest absolute Gasteiger partial charge is 0.489 e. The summed E-state index contributed by atoms with van der Waals surface area (Å²) >= 11 is 3.39. The first-order chi connectivity index (χ1) is 9.35. The smallest absolute Gasteiger partial charge is 0.122 e. The van der Waals surface area contributed by atoms with E-state index in [2.05, 4.69) is 38.0 Å². The lowest BCUT2D eigenvalue weighted by Gasteiger charge is -2.05. The van der Waals surface area contributed by atoms with Crippen molar-refractivity contribution in [3.8, 4) is 5.75 Å². The van der Waals surface area contributed by atoms with Gasteiger partial charge in [-0.15, -0.1) is 0 Å². The minimum Gasteiger partial charge on any atom is -0.489 e. The molecule has 1 N–H and O–H groups in total. The molecule has 0 aliphatic rings. The van der Waals surface area contributed by atoms with Gasteiger partial charge in [0.25, 0.3) is 0 Å². The molecule has 3 rings (SSSR count). The third-order valence-electron chi connectivity index (χ3n) is 2.88.